The molecule has 0 spiro atoms. The molecule has 0 aliphatic rings. The predicted octanol–water partition coefficient (Wildman–Crippen LogP) is 3.36. The molecule has 0 aromatic heterocycles. The second kappa shape index (κ2) is 4.67. The Labute approximate surface area is 106 Å². The summed E-state index contributed by atoms with van der Waals surface area (Å²) < 4.78 is 26.6. The van der Waals surface area contributed by atoms with Crippen molar-refractivity contribution in [3.63, 3.8) is 0 Å². The molecule has 0 bridgehead atoms. The van der Waals surface area contributed by atoms with Crippen molar-refractivity contribution < 1.29 is 13.6 Å². The molecule has 0 radical (unpaired) electrons. The van der Waals surface area contributed by atoms with Crippen LogP contribution in [-0.4, -0.2) is 5.91 Å². The Hall–Kier alpha value is -1.45. The summed E-state index contributed by atoms with van der Waals surface area (Å²) in [5, 5.41) is 2.77. The minimum Gasteiger partial charge on any atom is -0.347 e. The summed E-state index contributed by atoms with van der Waals surface area (Å²) in [5.74, 6) is -1.47. The van der Waals surface area contributed by atoms with Crippen molar-refractivity contribution in [2.24, 2.45) is 5.41 Å². The number of rotatable bonds is 2. The fraction of sp³-hybridized carbons (Fsp3) is 0.500. The van der Waals surface area contributed by atoms with Crippen LogP contribution in [0.2, 0.25) is 0 Å². The maximum Gasteiger partial charge on any atom is 0.226 e. The molecule has 1 rings (SSSR count). The van der Waals surface area contributed by atoms with Crippen LogP contribution < -0.4 is 5.32 Å². The summed E-state index contributed by atoms with van der Waals surface area (Å²) in [6.07, 6.45) is 0. The lowest BCUT2D eigenvalue weighted by Crippen LogP contribution is -2.46. The van der Waals surface area contributed by atoms with Gasteiger partial charge in [0.25, 0.3) is 0 Å². The number of carbonyl (C=O) groups is 1. The van der Waals surface area contributed by atoms with E-state index in [1.54, 1.807) is 34.6 Å². The molecular formula is C14H19F2NO. The van der Waals surface area contributed by atoms with Crippen LogP contribution in [-0.2, 0) is 10.3 Å². The van der Waals surface area contributed by atoms with Crippen LogP contribution in [0.25, 0.3) is 0 Å². The molecule has 0 aliphatic heterocycles. The van der Waals surface area contributed by atoms with Gasteiger partial charge in [-0.15, -0.1) is 0 Å². The lowest BCUT2D eigenvalue weighted by molar-refractivity contribution is -0.130. The second-order valence-corrected chi connectivity index (χ2v) is 5.95. The maximum atomic E-state index is 13.7. The zero-order valence-electron chi connectivity index (χ0n) is 11.4. The summed E-state index contributed by atoms with van der Waals surface area (Å²) in [5.41, 5.74) is -1.18. The first-order valence-corrected chi connectivity index (χ1v) is 5.82. The van der Waals surface area contributed by atoms with Gasteiger partial charge in [0.15, 0.2) is 0 Å². The Bertz CT molecular complexity index is 461. The van der Waals surface area contributed by atoms with Gasteiger partial charge in [-0.2, -0.15) is 0 Å². The predicted molar refractivity (Wildman–Crippen MR) is 67.0 cm³/mol. The fourth-order valence-corrected chi connectivity index (χ4v) is 1.54. The van der Waals surface area contributed by atoms with Gasteiger partial charge in [0.05, 0.1) is 5.54 Å². The summed E-state index contributed by atoms with van der Waals surface area (Å²) >= 11 is 0. The zero-order valence-corrected chi connectivity index (χ0v) is 11.4. The van der Waals surface area contributed by atoms with Gasteiger partial charge in [-0.05, 0) is 19.9 Å². The monoisotopic (exact) mass is 255 g/mol. The molecule has 1 aromatic carbocycles. The quantitative estimate of drug-likeness (QED) is 0.862. The first-order valence-electron chi connectivity index (χ1n) is 5.82. The zero-order chi connectivity index (χ0) is 14.1. The fourth-order valence-electron chi connectivity index (χ4n) is 1.54. The lowest BCUT2D eigenvalue weighted by Gasteiger charge is -2.31. The van der Waals surface area contributed by atoms with E-state index in [1.807, 2.05) is 0 Å². The third-order valence-electron chi connectivity index (χ3n) is 2.71. The Morgan fingerprint density at radius 1 is 1.11 bits per heavy atom. The Morgan fingerprint density at radius 3 is 2.11 bits per heavy atom. The molecule has 4 heteroatoms. The number of hydrogen-bond acceptors (Lipinski definition) is 1. The molecule has 0 atom stereocenters. The average Bonchev–Trinajstić information content (AvgIpc) is 2.14. The summed E-state index contributed by atoms with van der Waals surface area (Å²) in [4.78, 5) is 11.9. The van der Waals surface area contributed by atoms with Gasteiger partial charge in [0.2, 0.25) is 5.91 Å². The minimum absolute atomic E-state index is 0.184. The molecule has 2 nitrogen and oxygen atoms in total. The van der Waals surface area contributed by atoms with Gasteiger partial charge in [0, 0.05) is 17.0 Å². The van der Waals surface area contributed by atoms with Crippen LogP contribution >= 0.6 is 0 Å². The highest BCUT2D eigenvalue weighted by molar-refractivity contribution is 5.82. The highest BCUT2D eigenvalue weighted by Gasteiger charge is 2.31. The van der Waals surface area contributed by atoms with Crippen molar-refractivity contribution in [2.45, 2.75) is 40.2 Å². The molecule has 100 valence electrons. The van der Waals surface area contributed by atoms with E-state index in [4.69, 9.17) is 0 Å². The van der Waals surface area contributed by atoms with E-state index >= 15 is 0 Å². The highest BCUT2D eigenvalue weighted by Crippen LogP contribution is 2.25. The normalized spacial score (nSPS) is 12.4. The van der Waals surface area contributed by atoms with Crippen LogP contribution in [0.15, 0.2) is 18.2 Å². The molecule has 0 saturated heterocycles. The Kier molecular flexibility index (Phi) is 3.79. The molecular weight excluding hydrogens is 236 g/mol. The summed E-state index contributed by atoms with van der Waals surface area (Å²) in [6.45, 7) is 8.71. The molecule has 1 amide bonds. The van der Waals surface area contributed by atoms with Crippen molar-refractivity contribution >= 4 is 5.91 Å². The highest BCUT2D eigenvalue weighted by atomic mass is 19.1. The number of nitrogens with one attached hydrogen (secondary N) is 1. The number of benzene rings is 1. The van der Waals surface area contributed by atoms with Crippen molar-refractivity contribution in [1.82, 2.24) is 5.32 Å². The smallest absolute Gasteiger partial charge is 0.226 e. The third-order valence-corrected chi connectivity index (χ3v) is 2.71. The van der Waals surface area contributed by atoms with Crippen LogP contribution in [0, 0.1) is 17.0 Å². The van der Waals surface area contributed by atoms with Crippen LogP contribution in [0.4, 0.5) is 8.78 Å². The van der Waals surface area contributed by atoms with E-state index in [1.165, 1.54) is 12.1 Å². The van der Waals surface area contributed by atoms with Gasteiger partial charge >= 0.3 is 0 Å². The van der Waals surface area contributed by atoms with Gasteiger partial charge in [-0.1, -0.05) is 26.8 Å². The number of halogens is 2. The van der Waals surface area contributed by atoms with Crippen LogP contribution in [0.5, 0.6) is 0 Å². The van der Waals surface area contributed by atoms with E-state index in [0.29, 0.717) is 0 Å². The molecule has 18 heavy (non-hydrogen) atoms. The standard InChI is InChI=1S/C14H19F2NO/c1-13(2,3)12(18)17-14(4,5)10-7-6-9(15)8-11(10)16/h6-8H,1-5H3,(H,17,18). The van der Waals surface area contributed by atoms with E-state index in [9.17, 15) is 13.6 Å². The minimum atomic E-state index is -0.887. The molecule has 1 aromatic rings. The van der Waals surface area contributed by atoms with E-state index in [0.717, 1.165) is 6.07 Å². The number of carbonyl (C=O) groups excluding carboxylic acids is 1. The van der Waals surface area contributed by atoms with Crippen LogP contribution in [0.3, 0.4) is 0 Å². The van der Waals surface area contributed by atoms with Crippen molar-refractivity contribution in [1.29, 1.82) is 0 Å². The SMILES string of the molecule is CC(C)(C)C(=O)NC(C)(C)c1ccc(F)cc1F. The first-order chi connectivity index (χ1) is 8.04. The van der Waals surface area contributed by atoms with Gasteiger partial charge < -0.3 is 5.32 Å². The molecule has 0 fully saturated rings. The molecule has 0 heterocycles. The largest absolute Gasteiger partial charge is 0.347 e. The Balaban J connectivity index is 3.03. The van der Waals surface area contributed by atoms with Gasteiger partial charge in [-0.25, -0.2) is 8.78 Å². The number of amides is 1. The van der Waals surface area contributed by atoms with Crippen LogP contribution in [0.1, 0.15) is 40.2 Å². The maximum absolute atomic E-state index is 13.7. The van der Waals surface area contributed by atoms with Gasteiger partial charge in [-0.3, -0.25) is 4.79 Å². The van der Waals surface area contributed by atoms with E-state index in [-0.39, 0.29) is 11.5 Å². The molecule has 0 saturated carbocycles. The Morgan fingerprint density at radius 2 is 1.67 bits per heavy atom. The second-order valence-electron chi connectivity index (χ2n) is 5.95. The van der Waals surface area contributed by atoms with Gasteiger partial charge in [0.1, 0.15) is 11.6 Å². The van der Waals surface area contributed by atoms with E-state index in [2.05, 4.69) is 5.32 Å². The number of hydrogen-bond donors (Lipinski definition) is 1. The molecule has 0 aliphatic carbocycles. The van der Waals surface area contributed by atoms with Crippen molar-refractivity contribution in [2.75, 3.05) is 0 Å². The lowest BCUT2D eigenvalue weighted by atomic mass is 9.89. The third kappa shape index (κ3) is 3.28. The van der Waals surface area contributed by atoms with Crippen molar-refractivity contribution in [3.05, 3.63) is 35.4 Å². The van der Waals surface area contributed by atoms with E-state index < -0.39 is 22.6 Å². The summed E-state index contributed by atoms with van der Waals surface area (Å²) in [7, 11) is 0. The summed E-state index contributed by atoms with van der Waals surface area (Å²) in [6, 6.07) is 3.36. The molecule has 1 N–H and O–H groups in total. The first kappa shape index (κ1) is 14.6. The van der Waals surface area contributed by atoms with Crippen molar-refractivity contribution in [3.8, 4) is 0 Å². The average molecular weight is 255 g/mol. The topological polar surface area (TPSA) is 29.1 Å². The molecule has 0 unspecified atom stereocenters.